The summed E-state index contributed by atoms with van der Waals surface area (Å²) in [4.78, 5) is 0.357. The molecule has 1 aliphatic heterocycles. The van der Waals surface area contributed by atoms with E-state index in [0.29, 0.717) is 17.4 Å². The van der Waals surface area contributed by atoms with Crippen LogP contribution in [0.15, 0.2) is 52.0 Å². The van der Waals surface area contributed by atoms with E-state index in [4.69, 9.17) is 4.42 Å². The number of hydrogen-bond donors (Lipinski definition) is 0. The van der Waals surface area contributed by atoms with Crippen LogP contribution in [-0.4, -0.2) is 19.3 Å². The molecule has 1 unspecified atom stereocenters. The van der Waals surface area contributed by atoms with Crippen molar-refractivity contribution in [2.45, 2.75) is 43.5 Å². The summed E-state index contributed by atoms with van der Waals surface area (Å²) in [6.07, 6.45) is 3.25. The maximum atomic E-state index is 12.9. The predicted octanol–water partition coefficient (Wildman–Crippen LogP) is 3.93. The average molecular weight is 319 g/mol. The number of hydrogen-bond acceptors (Lipinski definition) is 3. The Bertz CT molecular complexity index is 718. The Morgan fingerprint density at radius 2 is 1.91 bits per heavy atom. The van der Waals surface area contributed by atoms with Crippen LogP contribution in [0.2, 0.25) is 0 Å². The van der Waals surface area contributed by atoms with E-state index in [9.17, 15) is 8.42 Å². The number of benzene rings is 1. The van der Waals surface area contributed by atoms with E-state index >= 15 is 0 Å². The van der Waals surface area contributed by atoms with E-state index in [1.165, 1.54) is 0 Å². The molecule has 1 saturated heterocycles. The SMILES string of the molecule is CC(C)c1ccc(S(=O)(=O)N2CCCC2c2ccco2)cc1. The second-order valence-electron chi connectivity index (χ2n) is 6.01. The summed E-state index contributed by atoms with van der Waals surface area (Å²) in [7, 11) is -3.48. The predicted molar refractivity (Wildman–Crippen MR) is 85.1 cm³/mol. The van der Waals surface area contributed by atoms with Gasteiger partial charge in [0.05, 0.1) is 17.2 Å². The first-order valence-corrected chi connectivity index (χ1v) is 9.09. The molecule has 4 nitrogen and oxygen atoms in total. The Balaban J connectivity index is 1.91. The zero-order valence-corrected chi connectivity index (χ0v) is 13.7. The molecular weight excluding hydrogens is 298 g/mol. The largest absolute Gasteiger partial charge is 0.468 e. The molecule has 3 rings (SSSR count). The van der Waals surface area contributed by atoms with Crippen LogP contribution in [0.3, 0.4) is 0 Å². The van der Waals surface area contributed by atoms with Crippen molar-refractivity contribution in [3.05, 3.63) is 54.0 Å². The maximum absolute atomic E-state index is 12.9. The third-order valence-corrected chi connectivity index (χ3v) is 6.15. The van der Waals surface area contributed by atoms with Crippen LogP contribution in [-0.2, 0) is 10.0 Å². The summed E-state index contributed by atoms with van der Waals surface area (Å²) in [5.74, 6) is 1.11. The summed E-state index contributed by atoms with van der Waals surface area (Å²) in [6.45, 7) is 4.73. The summed E-state index contributed by atoms with van der Waals surface area (Å²) in [6, 6.07) is 10.7. The van der Waals surface area contributed by atoms with Crippen LogP contribution in [0.4, 0.5) is 0 Å². The molecule has 0 spiro atoms. The molecule has 22 heavy (non-hydrogen) atoms. The standard InChI is InChI=1S/C17H21NO3S/c1-13(2)14-7-9-15(10-8-14)22(19,20)18-11-3-5-16(18)17-6-4-12-21-17/h4,6-10,12-13,16H,3,5,11H2,1-2H3. The Hall–Kier alpha value is -1.59. The molecule has 118 valence electrons. The molecule has 1 atom stereocenters. The van der Waals surface area contributed by atoms with Crippen molar-refractivity contribution in [3.8, 4) is 0 Å². The van der Waals surface area contributed by atoms with Gasteiger partial charge >= 0.3 is 0 Å². The second-order valence-corrected chi connectivity index (χ2v) is 7.90. The fourth-order valence-electron chi connectivity index (χ4n) is 2.95. The fraction of sp³-hybridized carbons (Fsp3) is 0.412. The maximum Gasteiger partial charge on any atom is 0.243 e. The first kappa shape index (κ1) is 15.3. The second kappa shape index (κ2) is 5.89. The highest BCUT2D eigenvalue weighted by Crippen LogP contribution is 2.36. The lowest BCUT2D eigenvalue weighted by Gasteiger charge is -2.22. The Morgan fingerprint density at radius 1 is 1.18 bits per heavy atom. The van der Waals surface area contributed by atoms with Gasteiger partial charge in [0.1, 0.15) is 5.76 Å². The van der Waals surface area contributed by atoms with E-state index in [1.54, 1.807) is 28.8 Å². The van der Waals surface area contributed by atoms with Crippen molar-refractivity contribution in [1.82, 2.24) is 4.31 Å². The van der Waals surface area contributed by atoms with Gasteiger partial charge in [-0.05, 0) is 48.6 Å². The third kappa shape index (κ3) is 2.71. The van der Waals surface area contributed by atoms with Crippen molar-refractivity contribution in [3.63, 3.8) is 0 Å². The van der Waals surface area contributed by atoms with Gasteiger partial charge in [0.2, 0.25) is 10.0 Å². The van der Waals surface area contributed by atoms with Gasteiger partial charge in [-0.2, -0.15) is 4.31 Å². The minimum atomic E-state index is -3.48. The molecule has 1 aliphatic rings. The number of furan rings is 1. The van der Waals surface area contributed by atoms with Gasteiger partial charge in [-0.3, -0.25) is 0 Å². The van der Waals surface area contributed by atoms with Crippen LogP contribution in [0.25, 0.3) is 0 Å². The lowest BCUT2D eigenvalue weighted by molar-refractivity contribution is 0.340. The van der Waals surface area contributed by atoms with Crippen molar-refractivity contribution in [2.24, 2.45) is 0 Å². The minimum Gasteiger partial charge on any atom is -0.468 e. The smallest absolute Gasteiger partial charge is 0.243 e. The molecule has 0 N–H and O–H groups in total. The first-order valence-electron chi connectivity index (χ1n) is 7.65. The van der Waals surface area contributed by atoms with Gasteiger partial charge in [-0.25, -0.2) is 8.42 Å². The molecule has 1 aromatic carbocycles. The zero-order chi connectivity index (χ0) is 15.7. The van der Waals surface area contributed by atoms with E-state index in [-0.39, 0.29) is 6.04 Å². The minimum absolute atomic E-state index is 0.190. The molecule has 1 fully saturated rings. The molecule has 2 aromatic rings. The van der Waals surface area contributed by atoms with Gasteiger partial charge in [0.15, 0.2) is 0 Å². The van der Waals surface area contributed by atoms with Crippen LogP contribution in [0.5, 0.6) is 0 Å². The summed E-state index contributed by atoms with van der Waals surface area (Å²) < 4.78 is 32.8. The van der Waals surface area contributed by atoms with Gasteiger partial charge in [0, 0.05) is 6.54 Å². The number of sulfonamides is 1. The topological polar surface area (TPSA) is 50.5 Å². The molecular formula is C17H21NO3S. The van der Waals surface area contributed by atoms with E-state index in [0.717, 1.165) is 24.2 Å². The molecule has 1 aromatic heterocycles. The van der Waals surface area contributed by atoms with Crippen molar-refractivity contribution in [1.29, 1.82) is 0 Å². The van der Waals surface area contributed by atoms with Gasteiger partial charge in [-0.1, -0.05) is 26.0 Å². The number of nitrogens with zero attached hydrogens (tertiary/aromatic N) is 1. The Kier molecular flexibility index (Phi) is 4.10. The fourth-order valence-corrected chi connectivity index (χ4v) is 4.62. The van der Waals surface area contributed by atoms with E-state index in [2.05, 4.69) is 13.8 Å². The lowest BCUT2D eigenvalue weighted by Crippen LogP contribution is -2.30. The van der Waals surface area contributed by atoms with E-state index in [1.807, 2.05) is 18.2 Å². The average Bonchev–Trinajstić information content (AvgIpc) is 3.18. The Labute approximate surface area is 131 Å². The zero-order valence-electron chi connectivity index (χ0n) is 12.9. The highest BCUT2D eigenvalue weighted by atomic mass is 32.2. The molecule has 0 amide bonds. The highest BCUT2D eigenvalue weighted by Gasteiger charge is 2.37. The van der Waals surface area contributed by atoms with Gasteiger partial charge < -0.3 is 4.42 Å². The van der Waals surface area contributed by atoms with E-state index < -0.39 is 10.0 Å². The normalized spacial score (nSPS) is 19.9. The highest BCUT2D eigenvalue weighted by molar-refractivity contribution is 7.89. The van der Waals surface area contributed by atoms with Crippen molar-refractivity contribution < 1.29 is 12.8 Å². The molecule has 2 heterocycles. The van der Waals surface area contributed by atoms with Gasteiger partial charge in [-0.15, -0.1) is 0 Å². The molecule has 0 saturated carbocycles. The van der Waals surface area contributed by atoms with Crippen LogP contribution in [0, 0.1) is 0 Å². The molecule has 5 heteroatoms. The number of rotatable bonds is 4. The van der Waals surface area contributed by atoms with Crippen LogP contribution >= 0.6 is 0 Å². The summed E-state index contributed by atoms with van der Waals surface area (Å²) in [5.41, 5.74) is 1.14. The van der Waals surface area contributed by atoms with Gasteiger partial charge in [0.25, 0.3) is 0 Å². The monoisotopic (exact) mass is 319 g/mol. The third-order valence-electron chi connectivity index (χ3n) is 4.23. The van der Waals surface area contributed by atoms with Crippen molar-refractivity contribution in [2.75, 3.05) is 6.54 Å². The first-order chi connectivity index (χ1) is 10.5. The van der Waals surface area contributed by atoms with Crippen LogP contribution in [0.1, 0.15) is 50.0 Å². The van der Waals surface area contributed by atoms with Crippen molar-refractivity contribution >= 4 is 10.0 Å². The molecule has 0 radical (unpaired) electrons. The quantitative estimate of drug-likeness (QED) is 0.858. The van der Waals surface area contributed by atoms with Crippen LogP contribution < -0.4 is 0 Å². The molecule has 0 aliphatic carbocycles. The Morgan fingerprint density at radius 3 is 2.50 bits per heavy atom. The summed E-state index contributed by atoms with van der Waals surface area (Å²) in [5, 5.41) is 0. The lowest BCUT2D eigenvalue weighted by atomic mass is 10.0. The molecule has 0 bridgehead atoms. The summed E-state index contributed by atoms with van der Waals surface area (Å²) >= 11 is 0.